The zero-order valence-corrected chi connectivity index (χ0v) is 13.5. The lowest BCUT2D eigenvalue weighted by Gasteiger charge is -2.08. The van der Waals surface area contributed by atoms with Gasteiger partial charge < -0.3 is 19.7 Å². The van der Waals surface area contributed by atoms with Crippen LogP contribution in [0.25, 0.3) is 0 Å². The van der Waals surface area contributed by atoms with E-state index in [0.29, 0.717) is 6.61 Å². The first-order valence-corrected chi connectivity index (χ1v) is 7.44. The molecule has 1 aliphatic rings. The molecule has 130 valence electrons. The fraction of sp³-hybridized carbons (Fsp3) is 0.412. The Morgan fingerprint density at radius 1 is 1.04 bits per heavy atom. The van der Waals surface area contributed by atoms with Gasteiger partial charge in [-0.25, -0.2) is 9.59 Å². The van der Waals surface area contributed by atoms with Crippen molar-refractivity contribution in [2.24, 2.45) is 0 Å². The lowest BCUT2D eigenvalue weighted by Crippen LogP contribution is -2.19. The maximum atomic E-state index is 9.10. The van der Waals surface area contributed by atoms with Crippen molar-refractivity contribution < 1.29 is 29.3 Å². The van der Waals surface area contributed by atoms with Gasteiger partial charge in [-0.05, 0) is 50.2 Å². The molecule has 0 aliphatic carbocycles. The summed E-state index contributed by atoms with van der Waals surface area (Å²) in [6.45, 7) is 3.69. The zero-order valence-electron chi connectivity index (χ0n) is 13.5. The monoisotopic (exact) mass is 335 g/mol. The summed E-state index contributed by atoms with van der Waals surface area (Å²) >= 11 is 0. The molecule has 0 aromatic heterocycles. The molecule has 0 bridgehead atoms. The minimum absolute atomic E-state index is 0.445. The molecule has 1 fully saturated rings. The van der Waals surface area contributed by atoms with Crippen LogP contribution >= 0.6 is 0 Å². The molecular formula is C17H21NO6. The topological polar surface area (TPSA) is 96.3 Å². The molecular weight excluding hydrogens is 314 g/mol. The Morgan fingerprint density at radius 3 is 2.08 bits per heavy atom. The summed E-state index contributed by atoms with van der Waals surface area (Å²) in [7, 11) is 1.65. The molecule has 0 radical (unpaired) electrons. The third-order valence-corrected chi connectivity index (χ3v) is 3.18. The van der Waals surface area contributed by atoms with Crippen LogP contribution in [0.15, 0.2) is 24.3 Å². The number of methoxy groups -OCH3 is 1. The number of carbonyl (C=O) groups is 2. The van der Waals surface area contributed by atoms with Crippen LogP contribution in [0.3, 0.4) is 0 Å². The van der Waals surface area contributed by atoms with E-state index in [9.17, 15) is 0 Å². The van der Waals surface area contributed by atoms with Gasteiger partial charge in [-0.1, -0.05) is 11.8 Å². The number of likely N-dealkylation sites (tertiary alicyclic amines) is 1. The number of ether oxygens (including phenoxy) is 2. The summed E-state index contributed by atoms with van der Waals surface area (Å²) in [5.41, 5.74) is 0. The van der Waals surface area contributed by atoms with Gasteiger partial charge in [-0.2, -0.15) is 0 Å². The van der Waals surface area contributed by atoms with Gasteiger partial charge in [-0.15, -0.1) is 0 Å². The van der Waals surface area contributed by atoms with E-state index < -0.39 is 11.9 Å². The molecule has 0 spiro atoms. The fourth-order valence-corrected chi connectivity index (χ4v) is 1.95. The Balaban J connectivity index is 0.000000413. The second-order valence-corrected chi connectivity index (χ2v) is 4.91. The zero-order chi connectivity index (χ0) is 17.8. The SMILES string of the molecule is COc1ccc(OCC#CCN2CCCC2)cc1.O=C(O)C(=O)O. The number of hydrogen-bond donors (Lipinski definition) is 2. The van der Waals surface area contributed by atoms with Crippen LogP contribution in [0.5, 0.6) is 11.5 Å². The van der Waals surface area contributed by atoms with Crippen molar-refractivity contribution >= 4 is 11.9 Å². The highest BCUT2D eigenvalue weighted by Gasteiger charge is 2.08. The second-order valence-electron chi connectivity index (χ2n) is 4.91. The van der Waals surface area contributed by atoms with Gasteiger partial charge in [0.25, 0.3) is 0 Å². The largest absolute Gasteiger partial charge is 0.497 e. The van der Waals surface area contributed by atoms with Crippen LogP contribution in [0.2, 0.25) is 0 Å². The quantitative estimate of drug-likeness (QED) is 0.633. The van der Waals surface area contributed by atoms with Gasteiger partial charge in [0.05, 0.1) is 13.7 Å². The average molecular weight is 335 g/mol. The average Bonchev–Trinajstić information content (AvgIpc) is 3.09. The van der Waals surface area contributed by atoms with Gasteiger partial charge >= 0.3 is 11.9 Å². The van der Waals surface area contributed by atoms with Crippen LogP contribution in [-0.2, 0) is 9.59 Å². The number of hydrogen-bond acceptors (Lipinski definition) is 5. The summed E-state index contributed by atoms with van der Waals surface area (Å²) in [6, 6.07) is 7.54. The minimum Gasteiger partial charge on any atom is -0.497 e. The molecule has 1 aromatic carbocycles. The Labute approximate surface area is 140 Å². The van der Waals surface area contributed by atoms with Crippen molar-refractivity contribution in [3.63, 3.8) is 0 Å². The van der Waals surface area contributed by atoms with Gasteiger partial charge in [0.1, 0.15) is 18.1 Å². The van der Waals surface area contributed by atoms with E-state index in [0.717, 1.165) is 18.0 Å². The molecule has 1 saturated heterocycles. The summed E-state index contributed by atoms with van der Waals surface area (Å²) < 4.78 is 10.6. The molecule has 1 aromatic rings. The smallest absolute Gasteiger partial charge is 0.414 e. The number of carboxylic acid groups (broad SMARTS) is 2. The van der Waals surface area contributed by atoms with E-state index in [1.165, 1.54) is 25.9 Å². The van der Waals surface area contributed by atoms with Gasteiger partial charge in [0, 0.05) is 0 Å². The Morgan fingerprint density at radius 2 is 1.58 bits per heavy atom. The molecule has 2 N–H and O–H groups in total. The summed E-state index contributed by atoms with van der Waals surface area (Å²) in [6.07, 6.45) is 2.62. The van der Waals surface area contributed by atoms with Crippen molar-refractivity contribution in [2.75, 3.05) is 33.4 Å². The maximum Gasteiger partial charge on any atom is 0.414 e. The third-order valence-electron chi connectivity index (χ3n) is 3.18. The Kier molecular flexibility index (Phi) is 8.79. The Bertz CT molecular complexity index is 569. The van der Waals surface area contributed by atoms with E-state index in [4.69, 9.17) is 29.3 Å². The van der Waals surface area contributed by atoms with Crippen molar-refractivity contribution in [1.29, 1.82) is 0 Å². The highest BCUT2D eigenvalue weighted by Crippen LogP contribution is 2.16. The molecule has 1 heterocycles. The number of rotatable bonds is 4. The van der Waals surface area contributed by atoms with Crippen molar-refractivity contribution in [3.8, 4) is 23.3 Å². The lowest BCUT2D eigenvalue weighted by atomic mass is 10.3. The second kappa shape index (κ2) is 10.9. The molecule has 0 saturated carbocycles. The van der Waals surface area contributed by atoms with Gasteiger partial charge in [0.2, 0.25) is 0 Å². The van der Waals surface area contributed by atoms with Gasteiger partial charge in [0.15, 0.2) is 0 Å². The van der Waals surface area contributed by atoms with E-state index in [1.807, 2.05) is 24.3 Å². The predicted octanol–water partition coefficient (Wildman–Crippen LogP) is 1.33. The molecule has 0 unspecified atom stereocenters. The first kappa shape index (κ1) is 19.3. The third kappa shape index (κ3) is 8.06. The number of nitrogens with zero attached hydrogens (tertiary/aromatic N) is 1. The normalized spacial score (nSPS) is 13.0. The highest BCUT2D eigenvalue weighted by atomic mass is 16.5. The van der Waals surface area contributed by atoms with Crippen molar-refractivity contribution in [2.45, 2.75) is 12.8 Å². The summed E-state index contributed by atoms with van der Waals surface area (Å²) in [4.78, 5) is 20.6. The van der Waals surface area contributed by atoms with E-state index in [1.54, 1.807) is 7.11 Å². The molecule has 0 atom stereocenters. The number of benzene rings is 1. The minimum atomic E-state index is -1.82. The molecule has 24 heavy (non-hydrogen) atoms. The molecule has 7 heteroatoms. The number of carboxylic acids is 2. The van der Waals surface area contributed by atoms with Crippen LogP contribution in [0.4, 0.5) is 0 Å². The van der Waals surface area contributed by atoms with Crippen LogP contribution in [-0.4, -0.2) is 60.4 Å². The molecule has 7 nitrogen and oxygen atoms in total. The van der Waals surface area contributed by atoms with Crippen molar-refractivity contribution in [3.05, 3.63) is 24.3 Å². The molecule has 1 aliphatic heterocycles. The van der Waals surface area contributed by atoms with Crippen LogP contribution in [0, 0.1) is 11.8 Å². The first-order valence-electron chi connectivity index (χ1n) is 7.44. The maximum absolute atomic E-state index is 9.10. The van der Waals surface area contributed by atoms with Crippen LogP contribution in [0.1, 0.15) is 12.8 Å². The fourth-order valence-electron chi connectivity index (χ4n) is 1.95. The Hall–Kier alpha value is -2.72. The summed E-state index contributed by atoms with van der Waals surface area (Å²) in [5.74, 6) is 4.20. The first-order chi connectivity index (χ1) is 11.5. The standard InChI is InChI=1S/C15H19NO2.C2H2O4/c1-17-14-6-8-15(9-7-14)18-13-5-4-12-16-10-2-3-11-16;3-1(4)2(5)6/h6-9H,2-3,10-13H2,1H3;(H,3,4)(H,5,6). The summed E-state index contributed by atoms with van der Waals surface area (Å²) in [5, 5.41) is 14.8. The van der Waals surface area contributed by atoms with Crippen molar-refractivity contribution in [1.82, 2.24) is 4.90 Å². The number of aliphatic carboxylic acids is 2. The highest BCUT2D eigenvalue weighted by molar-refractivity contribution is 6.27. The lowest BCUT2D eigenvalue weighted by molar-refractivity contribution is -0.159. The molecule has 2 rings (SSSR count). The van der Waals surface area contributed by atoms with E-state index in [2.05, 4.69) is 16.7 Å². The molecule has 0 amide bonds. The van der Waals surface area contributed by atoms with E-state index >= 15 is 0 Å². The predicted molar refractivity (Wildman–Crippen MR) is 87.2 cm³/mol. The van der Waals surface area contributed by atoms with E-state index in [-0.39, 0.29) is 0 Å². The van der Waals surface area contributed by atoms with Crippen LogP contribution < -0.4 is 9.47 Å². The van der Waals surface area contributed by atoms with Gasteiger partial charge in [-0.3, -0.25) is 4.90 Å².